The SMILES string of the molecule is CCOc1ccc(NC(=O)CN2C(=O)S/C(=C/c3cc(OCC)c(OCc4cccc(C)c4)cc3Br)C2=O)cc1. The second-order valence-corrected chi connectivity index (χ2v) is 10.7. The number of nitrogens with zero attached hydrogens (tertiary/aromatic N) is 1. The molecule has 3 amide bonds. The Hall–Kier alpha value is -3.76. The first-order valence-corrected chi connectivity index (χ1v) is 14.3. The van der Waals surface area contributed by atoms with E-state index in [0.29, 0.717) is 52.8 Å². The topological polar surface area (TPSA) is 94.2 Å². The summed E-state index contributed by atoms with van der Waals surface area (Å²) in [6.45, 7) is 6.70. The molecule has 10 heteroatoms. The van der Waals surface area contributed by atoms with Crippen LogP contribution in [0.1, 0.15) is 30.5 Å². The number of amides is 3. The van der Waals surface area contributed by atoms with Crippen LogP contribution >= 0.6 is 27.7 Å². The lowest BCUT2D eigenvalue weighted by Crippen LogP contribution is -2.36. The summed E-state index contributed by atoms with van der Waals surface area (Å²) in [6.07, 6.45) is 1.60. The number of carbonyl (C=O) groups excluding carboxylic acids is 3. The first kappa shape index (κ1) is 29.2. The molecule has 3 aromatic rings. The highest BCUT2D eigenvalue weighted by Gasteiger charge is 2.36. The van der Waals surface area contributed by atoms with Gasteiger partial charge in [-0.3, -0.25) is 19.3 Å². The van der Waals surface area contributed by atoms with Crippen LogP contribution in [-0.2, 0) is 16.2 Å². The standard InChI is InChI=1S/C30H29BrN2O6S/c1-4-37-23-11-9-22(10-12-23)32-28(34)17-33-29(35)27(40-30(33)36)15-21-14-25(38-5-2)26(16-24(21)31)39-18-20-8-6-7-19(3)13-20/h6-16H,4-5,17-18H2,1-3H3,(H,32,34)/b27-15+. The number of ether oxygens (including phenoxy) is 3. The van der Waals surface area contributed by atoms with Crippen LogP contribution in [0.3, 0.4) is 0 Å². The van der Waals surface area contributed by atoms with E-state index >= 15 is 0 Å². The average Bonchev–Trinajstić information content (AvgIpc) is 3.18. The van der Waals surface area contributed by atoms with E-state index in [9.17, 15) is 14.4 Å². The molecule has 0 aromatic heterocycles. The molecule has 40 heavy (non-hydrogen) atoms. The quantitative estimate of drug-likeness (QED) is 0.234. The number of rotatable bonds is 11. The number of hydrogen-bond acceptors (Lipinski definition) is 7. The molecule has 3 aromatic carbocycles. The average molecular weight is 626 g/mol. The predicted octanol–water partition coefficient (Wildman–Crippen LogP) is 6.81. The number of hydrogen-bond donors (Lipinski definition) is 1. The molecule has 0 radical (unpaired) electrons. The number of aryl methyl sites for hydroxylation is 1. The Labute approximate surface area is 245 Å². The predicted molar refractivity (Wildman–Crippen MR) is 160 cm³/mol. The third-order valence-corrected chi connectivity index (χ3v) is 7.34. The van der Waals surface area contributed by atoms with Crippen molar-refractivity contribution in [1.82, 2.24) is 4.90 Å². The van der Waals surface area contributed by atoms with Gasteiger partial charge in [0.25, 0.3) is 11.1 Å². The number of nitrogens with one attached hydrogen (secondary N) is 1. The highest BCUT2D eigenvalue weighted by Crippen LogP contribution is 2.38. The number of carbonyl (C=O) groups is 3. The maximum Gasteiger partial charge on any atom is 0.294 e. The molecule has 0 atom stereocenters. The largest absolute Gasteiger partial charge is 0.494 e. The monoisotopic (exact) mass is 624 g/mol. The fraction of sp³-hybridized carbons (Fsp3) is 0.233. The number of benzene rings is 3. The van der Waals surface area contributed by atoms with Gasteiger partial charge in [-0.15, -0.1) is 0 Å². The van der Waals surface area contributed by atoms with Gasteiger partial charge in [0.05, 0.1) is 18.1 Å². The molecule has 1 aliphatic heterocycles. The van der Waals surface area contributed by atoms with Gasteiger partial charge in [-0.25, -0.2) is 0 Å². The summed E-state index contributed by atoms with van der Waals surface area (Å²) in [4.78, 5) is 39.4. The van der Waals surface area contributed by atoms with Gasteiger partial charge in [-0.2, -0.15) is 0 Å². The van der Waals surface area contributed by atoms with E-state index in [0.717, 1.165) is 27.8 Å². The van der Waals surface area contributed by atoms with Crippen molar-refractivity contribution in [3.05, 3.63) is 86.7 Å². The van der Waals surface area contributed by atoms with Crippen LogP contribution in [-0.4, -0.2) is 41.7 Å². The molecule has 0 unspecified atom stereocenters. The van der Waals surface area contributed by atoms with Gasteiger partial charge in [0.1, 0.15) is 18.9 Å². The van der Waals surface area contributed by atoms with E-state index in [-0.39, 0.29) is 4.91 Å². The molecular weight excluding hydrogens is 596 g/mol. The lowest BCUT2D eigenvalue weighted by molar-refractivity contribution is -0.127. The maximum absolute atomic E-state index is 13.0. The zero-order valence-electron chi connectivity index (χ0n) is 22.4. The molecular formula is C30H29BrN2O6S. The minimum Gasteiger partial charge on any atom is -0.494 e. The Morgan fingerprint density at radius 3 is 2.40 bits per heavy atom. The minimum atomic E-state index is -0.540. The smallest absolute Gasteiger partial charge is 0.294 e. The molecule has 1 heterocycles. The van der Waals surface area contributed by atoms with Gasteiger partial charge in [-0.05, 0) is 86.1 Å². The first-order valence-electron chi connectivity index (χ1n) is 12.7. The van der Waals surface area contributed by atoms with Crippen LogP contribution in [0.15, 0.2) is 70.0 Å². The van der Waals surface area contributed by atoms with Gasteiger partial charge in [-0.1, -0.05) is 45.8 Å². The van der Waals surface area contributed by atoms with Gasteiger partial charge in [0.2, 0.25) is 5.91 Å². The Kier molecular flexibility index (Phi) is 9.89. The van der Waals surface area contributed by atoms with Crippen LogP contribution in [0.4, 0.5) is 10.5 Å². The summed E-state index contributed by atoms with van der Waals surface area (Å²) < 4.78 is 17.9. The van der Waals surface area contributed by atoms with Gasteiger partial charge < -0.3 is 19.5 Å². The van der Waals surface area contributed by atoms with Crippen molar-refractivity contribution in [1.29, 1.82) is 0 Å². The summed E-state index contributed by atoms with van der Waals surface area (Å²) in [5.74, 6) is 0.718. The number of imide groups is 1. The van der Waals surface area contributed by atoms with E-state index in [1.54, 1.807) is 42.5 Å². The minimum absolute atomic E-state index is 0.204. The van der Waals surface area contributed by atoms with Crippen LogP contribution in [0, 0.1) is 6.92 Å². The second kappa shape index (κ2) is 13.5. The summed E-state index contributed by atoms with van der Waals surface area (Å²) in [5.41, 5.74) is 3.34. The molecule has 1 aliphatic rings. The van der Waals surface area contributed by atoms with Crippen LogP contribution in [0.5, 0.6) is 17.2 Å². The number of thioether (sulfide) groups is 1. The van der Waals surface area contributed by atoms with Gasteiger partial charge in [0, 0.05) is 10.2 Å². The van der Waals surface area contributed by atoms with Gasteiger partial charge in [0.15, 0.2) is 11.5 Å². The molecule has 208 valence electrons. The lowest BCUT2D eigenvalue weighted by Gasteiger charge is -2.15. The fourth-order valence-corrected chi connectivity index (χ4v) is 5.19. The fourth-order valence-electron chi connectivity index (χ4n) is 3.93. The maximum atomic E-state index is 13.0. The summed E-state index contributed by atoms with van der Waals surface area (Å²) >= 11 is 4.33. The van der Waals surface area contributed by atoms with E-state index in [1.165, 1.54) is 0 Å². The normalized spacial score (nSPS) is 14.0. The van der Waals surface area contributed by atoms with Crippen LogP contribution < -0.4 is 19.5 Å². The van der Waals surface area contributed by atoms with Crippen LogP contribution in [0.25, 0.3) is 6.08 Å². The van der Waals surface area contributed by atoms with Crippen molar-refractivity contribution in [3.8, 4) is 17.2 Å². The molecule has 0 spiro atoms. The summed E-state index contributed by atoms with van der Waals surface area (Å²) in [7, 11) is 0. The van der Waals surface area contributed by atoms with Crippen molar-refractivity contribution < 1.29 is 28.6 Å². The highest BCUT2D eigenvalue weighted by molar-refractivity contribution is 9.10. The van der Waals surface area contributed by atoms with Crippen molar-refractivity contribution >= 4 is 56.5 Å². The molecule has 1 saturated heterocycles. The van der Waals surface area contributed by atoms with Crippen LogP contribution in [0.2, 0.25) is 0 Å². The number of halogens is 1. The van der Waals surface area contributed by atoms with E-state index in [1.807, 2.05) is 39.0 Å². The Bertz CT molecular complexity index is 1440. The molecule has 0 saturated carbocycles. The van der Waals surface area contributed by atoms with Gasteiger partial charge >= 0.3 is 0 Å². The number of anilines is 1. The molecule has 8 nitrogen and oxygen atoms in total. The third-order valence-electron chi connectivity index (χ3n) is 5.75. The van der Waals surface area contributed by atoms with E-state index in [2.05, 4.69) is 27.3 Å². The molecule has 0 bridgehead atoms. The molecule has 1 N–H and O–H groups in total. The third kappa shape index (κ3) is 7.45. The zero-order chi connectivity index (χ0) is 28.6. The summed E-state index contributed by atoms with van der Waals surface area (Å²) in [5, 5.41) is 2.18. The van der Waals surface area contributed by atoms with Crippen molar-refractivity contribution in [2.75, 3.05) is 25.1 Å². The lowest BCUT2D eigenvalue weighted by atomic mass is 10.1. The Morgan fingerprint density at radius 2 is 1.70 bits per heavy atom. The first-order chi connectivity index (χ1) is 19.3. The van der Waals surface area contributed by atoms with Crippen molar-refractivity contribution in [2.24, 2.45) is 0 Å². The van der Waals surface area contributed by atoms with Crippen molar-refractivity contribution in [2.45, 2.75) is 27.4 Å². The summed E-state index contributed by atoms with van der Waals surface area (Å²) in [6, 6.07) is 18.4. The van der Waals surface area contributed by atoms with E-state index < -0.39 is 23.6 Å². The van der Waals surface area contributed by atoms with E-state index in [4.69, 9.17) is 14.2 Å². The second-order valence-electron chi connectivity index (χ2n) is 8.80. The van der Waals surface area contributed by atoms with Crippen molar-refractivity contribution in [3.63, 3.8) is 0 Å². The molecule has 4 rings (SSSR count). The Morgan fingerprint density at radius 1 is 0.975 bits per heavy atom. The molecule has 0 aliphatic carbocycles. The Balaban J connectivity index is 1.46. The molecule has 1 fully saturated rings. The zero-order valence-corrected chi connectivity index (χ0v) is 24.8. The highest BCUT2D eigenvalue weighted by atomic mass is 79.9.